The Bertz CT molecular complexity index is 1280. The number of fused-ring (bicyclic) bond motifs is 1. The third-order valence-electron chi connectivity index (χ3n) is 5.99. The van der Waals surface area contributed by atoms with Gasteiger partial charge in [0.1, 0.15) is 30.7 Å². The van der Waals surface area contributed by atoms with E-state index in [1.165, 1.54) is 41.8 Å². The van der Waals surface area contributed by atoms with E-state index in [2.05, 4.69) is 0 Å². The van der Waals surface area contributed by atoms with Gasteiger partial charge < -0.3 is 29.6 Å². The number of ether oxygens (including phenoxy) is 4. The Morgan fingerprint density at radius 1 is 0.974 bits per heavy atom. The Balaban J connectivity index is 1.50. The molecule has 2 N–H and O–H groups in total. The number of carbonyl (C=O) groups is 5. The van der Waals surface area contributed by atoms with E-state index in [-0.39, 0.29) is 36.2 Å². The Labute approximate surface area is 222 Å². The normalized spacial score (nSPS) is 23.6. The van der Waals surface area contributed by atoms with Crippen LogP contribution in [-0.2, 0) is 35.3 Å². The SMILES string of the molecule is CC(=O)Oc1ccc(C(=O)OC[C@]2(C)S[C@H]3[C@H](N)C(=O)N3C2C(=O)OCc2ccccc2)cc1OC(C)=O. The molecule has 0 aromatic heterocycles. The van der Waals surface area contributed by atoms with Gasteiger partial charge in [-0.25, -0.2) is 9.59 Å². The number of rotatable bonds is 8. The molecule has 0 bridgehead atoms. The molecule has 1 amide bonds. The molecule has 2 fully saturated rings. The summed E-state index contributed by atoms with van der Waals surface area (Å²) >= 11 is 1.27. The summed E-state index contributed by atoms with van der Waals surface area (Å²) in [6, 6.07) is 11.1. The van der Waals surface area contributed by atoms with Crippen LogP contribution in [0.25, 0.3) is 0 Å². The third kappa shape index (κ3) is 5.50. The Morgan fingerprint density at radius 2 is 1.63 bits per heavy atom. The molecule has 4 atom stereocenters. The first-order chi connectivity index (χ1) is 18.0. The van der Waals surface area contributed by atoms with Crippen molar-refractivity contribution in [3.63, 3.8) is 0 Å². The van der Waals surface area contributed by atoms with Gasteiger partial charge >= 0.3 is 23.9 Å². The first-order valence-electron chi connectivity index (χ1n) is 11.6. The van der Waals surface area contributed by atoms with Crippen molar-refractivity contribution >= 4 is 41.5 Å². The lowest BCUT2D eigenvalue weighted by Crippen LogP contribution is -2.69. The topological polar surface area (TPSA) is 152 Å². The zero-order valence-electron chi connectivity index (χ0n) is 20.9. The van der Waals surface area contributed by atoms with E-state index < -0.39 is 46.1 Å². The Hall–Kier alpha value is -3.90. The van der Waals surface area contributed by atoms with Crippen LogP contribution in [0.4, 0.5) is 0 Å². The summed E-state index contributed by atoms with van der Waals surface area (Å²) in [5, 5.41) is -0.459. The van der Waals surface area contributed by atoms with Crippen LogP contribution in [0, 0.1) is 0 Å². The van der Waals surface area contributed by atoms with Crippen molar-refractivity contribution < 1.29 is 42.9 Å². The van der Waals surface area contributed by atoms with Gasteiger partial charge in [0, 0.05) is 13.8 Å². The van der Waals surface area contributed by atoms with Crippen LogP contribution in [0.1, 0.15) is 36.7 Å². The van der Waals surface area contributed by atoms with E-state index in [1.807, 2.05) is 30.3 Å². The molecule has 12 heteroatoms. The number of nitrogens with zero attached hydrogens (tertiary/aromatic N) is 1. The van der Waals surface area contributed by atoms with Crippen LogP contribution in [0.2, 0.25) is 0 Å². The third-order valence-corrected chi connectivity index (χ3v) is 7.63. The minimum Gasteiger partial charge on any atom is -0.461 e. The van der Waals surface area contributed by atoms with E-state index in [9.17, 15) is 24.0 Å². The molecular weight excluding hydrogens is 516 g/mol. The number of hydrogen-bond donors (Lipinski definition) is 1. The lowest BCUT2D eigenvalue weighted by molar-refractivity contribution is -0.164. The highest BCUT2D eigenvalue weighted by atomic mass is 32.2. The van der Waals surface area contributed by atoms with Crippen LogP contribution in [0.5, 0.6) is 11.5 Å². The molecule has 2 saturated heterocycles. The second-order valence-corrected chi connectivity index (χ2v) is 10.7. The maximum atomic E-state index is 13.2. The number of esters is 4. The highest BCUT2D eigenvalue weighted by Gasteiger charge is 2.65. The van der Waals surface area contributed by atoms with Gasteiger partial charge in [0.15, 0.2) is 11.5 Å². The maximum Gasteiger partial charge on any atom is 0.338 e. The molecule has 2 aromatic rings. The highest BCUT2D eigenvalue weighted by molar-refractivity contribution is 8.01. The lowest BCUT2D eigenvalue weighted by Gasteiger charge is -2.42. The van der Waals surface area contributed by atoms with Crippen LogP contribution in [-0.4, -0.2) is 63.5 Å². The monoisotopic (exact) mass is 542 g/mol. The summed E-state index contributed by atoms with van der Waals surface area (Å²) in [6.45, 7) is 3.81. The molecule has 2 aliphatic heterocycles. The predicted octanol–water partition coefficient (Wildman–Crippen LogP) is 1.81. The van der Waals surface area contributed by atoms with Crippen molar-refractivity contribution in [3.05, 3.63) is 59.7 Å². The molecule has 2 aromatic carbocycles. The zero-order chi connectivity index (χ0) is 27.6. The number of thioether (sulfide) groups is 1. The van der Waals surface area contributed by atoms with Crippen molar-refractivity contribution in [2.75, 3.05) is 6.61 Å². The van der Waals surface area contributed by atoms with Crippen LogP contribution >= 0.6 is 11.8 Å². The molecule has 200 valence electrons. The smallest absolute Gasteiger partial charge is 0.338 e. The van der Waals surface area contributed by atoms with E-state index in [0.717, 1.165) is 12.5 Å². The second kappa shape index (κ2) is 10.8. The molecule has 2 heterocycles. The summed E-state index contributed by atoms with van der Waals surface area (Å²) in [6.07, 6.45) is 0. The molecule has 11 nitrogen and oxygen atoms in total. The van der Waals surface area contributed by atoms with E-state index in [1.54, 1.807) is 6.92 Å². The molecule has 1 unspecified atom stereocenters. The number of amides is 1. The molecule has 38 heavy (non-hydrogen) atoms. The number of nitrogens with two attached hydrogens (primary N) is 1. The van der Waals surface area contributed by atoms with Crippen molar-refractivity contribution in [3.8, 4) is 11.5 Å². The van der Waals surface area contributed by atoms with Gasteiger partial charge in [-0.3, -0.25) is 14.4 Å². The van der Waals surface area contributed by atoms with Crippen LogP contribution < -0.4 is 15.2 Å². The van der Waals surface area contributed by atoms with Gasteiger partial charge in [0.05, 0.1) is 10.3 Å². The molecule has 2 aliphatic rings. The molecular formula is C26H26N2O9S. The fourth-order valence-corrected chi connectivity index (χ4v) is 5.85. The van der Waals surface area contributed by atoms with Gasteiger partial charge in [0.25, 0.3) is 0 Å². The van der Waals surface area contributed by atoms with Crippen molar-refractivity contribution in [2.24, 2.45) is 5.73 Å². The molecule has 0 spiro atoms. The van der Waals surface area contributed by atoms with Gasteiger partial charge in [-0.15, -0.1) is 11.8 Å². The van der Waals surface area contributed by atoms with Gasteiger partial charge in [-0.2, -0.15) is 0 Å². The number of benzene rings is 2. The first kappa shape index (κ1) is 27.1. The van der Waals surface area contributed by atoms with Gasteiger partial charge in [-0.1, -0.05) is 30.3 Å². The fourth-order valence-electron chi connectivity index (χ4n) is 4.23. The maximum absolute atomic E-state index is 13.2. The number of carbonyl (C=O) groups excluding carboxylic acids is 5. The van der Waals surface area contributed by atoms with Crippen molar-refractivity contribution in [1.29, 1.82) is 0 Å². The summed E-state index contributed by atoms with van der Waals surface area (Å²) in [4.78, 5) is 62.8. The molecule has 0 saturated carbocycles. The quantitative estimate of drug-likeness (QED) is 0.295. The standard InChI is InChI=1S/C26H26N2O9S/c1-14(29)36-18-10-9-17(11-19(18)37-15(2)30)24(32)35-13-26(3)21(28-22(31)20(27)23(28)38-26)25(33)34-12-16-7-5-4-6-8-16/h4-11,20-21,23H,12-13,27H2,1-3H3/t20-,21?,23+,26+/m1/s1. The second-order valence-electron chi connectivity index (χ2n) is 9.01. The Kier molecular flexibility index (Phi) is 7.74. The summed E-state index contributed by atoms with van der Waals surface area (Å²) in [5.74, 6) is -3.29. The fraction of sp³-hybridized carbons (Fsp3) is 0.346. The lowest BCUT2D eigenvalue weighted by atomic mass is 9.95. The molecule has 0 aliphatic carbocycles. The van der Waals surface area contributed by atoms with Gasteiger partial charge in [-0.05, 0) is 30.7 Å². The average Bonchev–Trinajstić information content (AvgIpc) is 3.17. The average molecular weight is 543 g/mol. The highest BCUT2D eigenvalue weighted by Crippen LogP contribution is 2.51. The number of β-lactam (4-membered cyclic amide) rings is 1. The summed E-state index contributed by atoms with van der Waals surface area (Å²) in [5.41, 5.74) is 6.76. The van der Waals surface area contributed by atoms with E-state index in [0.29, 0.717) is 0 Å². The number of hydrogen-bond acceptors (Lipinski definition) is 11. The minimum atomic E-state index is -1.05. The largest absolute Gasteiger partial charge is 0.461 e. The first-order valence-corrected chi connectivity index (χ1v) is 12.5. The minimum absolute atomic E-state index is 0.0167. The van der Waals surface area contributed by atoms with Crippen LogP contribution in [0.3, 0.4) is 0 Å². The summed E-state index contributed by atoms with van der Waals surface area (Å²) in [7, 11) is 0. The van der Waals surface area contributed by atoms with Gasteiger partial charge in [0.2, 0.25) is 5.91 Å². The molecule has 0 radical (unpaired) electrons. The molecule has 4 rings (SSSR count). The Morgan fingerprint density at radius 3 is 2.29 bits per heavy atom. The van der Waals surface area contributed by atoms with Crippen molar-refractivity contribution in [1.82, 2.24) is 4.90 Å². The predicted molar refractivity (Wildman–Crippen MR) is 134 cm³/mol. The summed E-state index contributed by atoms with van der Waals surface area (Å²) < 4.78 is 20.1. The van der Waals surface area contributed by atoms with E-state index in [4.69, 9.17) is 24.7 Å². The van der Waals surface area contributed by atoms with Crippen molar-refractivity contribution in [2.45, 2.75) is 49.6 Å². The van der Waals surface area contributed by atoms with E-state index >= 15 is 0 Å². The van der Waals surface area contributed by atoms with Crippen LogP contribution in [0.15, 0.2) is 48.5 Å². The zero-order valence-corrected chi connectivity index (χ0v) is 21.7.